The Morgan fingerprint density at radius 3 is 2.84 bits per heavy atom. The summed E-state index contributed by atoms with van der Waals surface area (Å²) in [6, 6.07) is 0.0121. The third-order valence-electron chi connectivity index (χ3n) is 3.99. The number of carboxylic acids is 1. The lowest BCUT2D eigenvalue weighted by atomic mass is 10.1. The summed E-state index contributed by atoms with van der Waals surface area (Å²) in [7, 11) is 0. The van der Waals surface area contributed by atoms with Gasteiger partial charge in [-0.05, 0) is 25.7 Å². The van der Waals surface area contributed by atoms with Crippen LogP contribution in [0.1, 0.15) is 32.6 Å². The molecular weight excluding hydrogens is 264 g/mol. The van der Waals surface area contributed by atoms with E-state index in [4.69, 9.17) is 5.11 Å². The van der Waals surface area contributed by atoms with Crippen molar-refractivity contribution in [2.24, 2.45) is 5.92 Å². The van der Waals surface area contributed by atoms with Gasteiger partial charge in [-0.15, -0.1) is 0 Å². The molecule has 2 amide bonds. The second-order valence-corrected chi connectivity index (χ2v) is 6.75. The highest BCUT2D eigenvalue weighted by atomic mass is 32.2. The molecule has 1 unspecified atom stereocenters. The summed E-state index contributed by atoms with van der Waals surface area (Å²) >= 11 is 1.93. The third-order valence-corrected chi connectivity index (χ3v) is 5.36. The first-order valence-electron chi connectivity index (χ1n) is 7.00. The molecule has 0 radical (unpaired) electrons. The van der Waals surface area contributed by atoms with Crippen molar-refractivity contribution in [2.45, 2.75) is 43.9 Å². The molecule has 6 heteroatoms. The van der Waals surface area contributed by atoms with E-state index in [2.05, 4.69) is 12.2 Å². The van der Waals surface area contributed by atoms with Gasteiger partial charge in [-0.25, -0.2) is 4.79 Å². The van der Waals surface area contributed by atoms with Crippen LogP contribution in [0.3, 0.4) is 0 Å². The van der Waals surface area contributed by atoms with Crippen LogP contribution < -0.4 is 5.32 Å². The predicted octanol–water partition coefficient (Wildman–Crippen LogP) is 1.78. The zero-order chi connectivity index (χ0) is 13.8. The van der Waals surface area contributed by atoms with Crippen molar-refractivity contribution in [3.8, 4) is 0 Å². The Morgan fingerprint density at radius 1 is 1.42 bits per heavy atom. The summed E-state index contributed by atoms with van der Waals surface area (Å²) < 4.78 is 0. The number of hydrogen-bond acceptors (Lipinski definition) is 3. The van der Waals surface area contributed by atoms with E-state index in [0.717, 1.165) is 31.7 Å². The first-order valence-corrected chi connectivity index (χ1v) is 8.04. The van der Waals surface area contributed by atoms with Crippen molar-refractivity contribution >= 4 is 23.8 Å². The average Bonchev–Trinajstić information content (AvgIpc) is 2.87. The van der Waals surface area contributed by atoms with Crippen LogP contribution >= 0.6 is 11.8 Å². The number of rotatable bonds is 3. The van der Waals surface area contributed by atoms with E-state index in [1.807, 2.05) is 16.7 Å². The Bertz CT molecular complexity index is 351. The molecule has 1 heterocycles. The molecule has 1 aliphatic heterocycles. The number of carbonyl (C=O) groups is 2. The van der Waals surface area contributed by atoms with Gasteiger partial charge in [0.2, 0.25) is 0 Å². The molecule has 0 spiro atoms. The average molecular weight is 286 g/mol. The topological polar surface area (TPSA) is 69.6 Å². The number of hydrogen-bond donors (Lipinski definition) is 2. The first-order chi connectivity index (χ1) is 9.10. The van der Waals surface area contributed by atoms with Gasteiger partial charge in [0, 0.05) is 30.1 Å². The summed E-state index contributed by atoms with van der Waals surface area (Å²) in [6.07, 6.45) is 3.11. The number of urea groups is 1. The number of nitrogens with zero attached hydrogens (tertiary/aromatic N) is 1. The van der Waals surface area contributed by atoms with Crippen LogP contribution in [0.25, 0.3) is 0 Å². The van der Waals surface area contributed by atoms with E-state index in [-0.39, 0.29) is 18.0 Å². The van der Waals surface area contributed by atoms with Crippen LogP contribution in [0.4, 0.5) is 4.79 Å². The fraction of sp³-hybridized carbons (Fsp3) is 0.846. The lowest BCUT2D eigenvalue weighted by Crippen LogP contribution is -2.49. The van der Waals surface area contributed by atoms with Crippen LogP contribution in [0.15, 0.2) is 0 Å². The van der Waals surface area contributed by atoms with Crippen molar-refractivity contribution in [3.05, 3.63) is 0 Å². The number of aliphatic carboxylic acids is 1. The van der Waals surface area contributed by atoms with Gasteiger partial charge >= 0.3 is 12.0 Å². The molecule has 19 heavy (non-hydrogen) atoms. The van der Waals surface area contributed by atoms with Gasteiger partial charge in [-0.3, -0.25) is 4.79 Å². The van der Waals surface area contributed by atoms with Crippen LogP contribution in [-0.4, -0.2) is 52.1 Å². The fourth-order valence-electron chi connectivity index (χ4n) is 2.75. The Morgan fingerprint density at radius 2 is 2.21 bits per heavy atom. The van der Waals surface area contributed by atoms with E-state index in [0.29, 0.717) is 18.1 Å². The van der Waals surface area contributed by atoms with Crippen LogP contribution in [-0.2, 0) is 4.79 Å². The Balaban J connectivity index is 1.79. The highest BCUT2D eigenvalue weighted by Crippen LogP contribution is 2.26. The Hall–Kier alpha value is -0.910. The zero-order valence-electron chi connectivity index (χ0n) is 11.3. The normalized spacial score (nSPS) is 31.2. The standard InChI is InChI=1S/C13H22N2O3S/c1-2-11-8-15(5-6-19-11)13(18)14-10-4-3-9(7-10)12(16)17/h9-11H,2-8H2,1H3,(H,14,18)(H,16,17)/t9-,10+,11?/m1/s1. The van der Waals surface area contributed by atoms with Gasteiger partial charge in [-0.2, -0.15) is 11.8 Å². The molecule has 0 aromatic carbocycles. The second-order valence-electron chi connectivity index (χ2n) is 5.34. The summed E-state index contributed by atoms with van der Waals surface area (Å²) in [5.74, 6) is -0.0308. The van der Waals surface area contributed by atoms with E-state index < -0.39 is 5.97 Å². The summed E-state index contributed by atoms with van der Waals surface area (Å²) in [5, 5.41) is 12.5. The molecule has 2 fully saturated rings. The van der Waals surface area contributed by atoms with Crippen molar-refractivity contribution in [1.82, 2.24) is 10.2 Å². The molecule has 0 bridgehead atoms. The highest BCUT2D eigenvalue weighted by Gasteiger charge is 2.32. The quantitative estimate of drug-likeness (QED) is 0.829. The van der Waals surface area contributed by atoms with Gasteiger partial charge in [0.15, 0.2) is 0 Å². The molecule has 2 N–H and O–H groups in total. The molecule has 1 aliphatic carbocycles. The van der Waals surface area contributed by atoms with Gasteiger partial charge in [0.05, 0.1) is 5.92 Å². The van der Waals surface area contributed by atoms with Crippen molar-refractivity contribution in [1.29, 1.82) is 0 Å². The van der Waals surface area contributed by atoms with Crippen LogP contribution in [0, 0.1) is 5.92 Å². The predicted molar refractivity (Wildman–Crippen MR) is 75.4 cm³/mol. The Kier molecular flexibility index (Phi) is 4.96. The summed E-state index contributed by atoms with van der Waals surface area (Å²) in [4.78, 5) is 24.9. The number of thioether (sulfide) groups is 1. The van der Waals surface area contributed by atoms with Gasteiger partial charge in [-0.1, -0.05) is 6.92 Å². The van der Waals surface area contributed by atoms with Crippen molar-refractivity contribution in [3.63, 3.8) is 0 Å². The maximum absolute atomic E-state index is 12.2. The minimum absolute atomic E-state index is 0.0187. The number of amides is 2. The third kappa shape index (κ3) is 3.78. The molecule has 108 valence electrons. The monoisotopic (exact) mass is 286 g/mol. The molecule has 0 aromatic heterocycles. The number of carbonyl (C=O) groups excluding carboxylic acids is 1. The van der Waals surface area contributed by atoms with Crippen LogP contribution in [0.2, 0.25) is 0 Å². The van der Waals surface area contributed by atoms with E-state index in [9.17, 15) is 9.59 Å². The van der Waals surface area contributed by atoms with E-state index in [1.165, 1.54) is 0 Å². The van der Waals surface area contributed by atoms with Crippen molar-refractivity contribution < 1.29 is 14.7 Å². The minimum Gasteiger partial charge on any atom is -0.481 e. The molecule has 2 aliphatic rings. The smallest absolute Gasteiger partial charge is 0.317 e. The molecular formula is C13H22N2O3S. The second kappa shape index (κ2) is 6.50. The number of nitrogens with one attached hydrogen (secondary N) is 1. The molecule has 5 nitrogen and oxygen atoms in total. The van der Waals surface area contributed by atoms with E-state index >= 15 is 0 Å². The molecule has 2 rings (SSSR count). The fourth-order valence-corrected chi connectivity index (χ4v) is 3.93. The zero-order valence-corrected chi connectivity index (χ0v) is 12.1. The minimum atomic E-state index is -0.739. The number of carboxylic acid groups (broad SMARTS) is 1. The van der Waals surface area contributed by atoms with E-state index in [1.54, 1.807) is 0 Å². The van der Waals surface area contributed by atoms with Gasteiger partial charge in [0.25, 0.3) is 0 Å². The first kappa shape index (κ1) is 14.5. The van der Waals surface area contributed by atoms with Crippen molar-refractivity contribution in [2.75, 3.05) is 18.8 Å². The van der Waals surface area contributed by atoms with Gasteiger partial charge < -0.3 is 15.3 Å². The molecule has 1 saturated carbocycles. The van der Waals surface area contributed by atoms with Gasteiger partial charge in [0.1, 0.15) is 0 Å². The lowest BCUT2D eigenvalue weighted by Gasteiger charge is -2.32. The van der Waals surface area contributed by atoms with Crippen LogP contribution in [0.5, 0.6) is 0 Å². The lowest BCUT2D eigenvalue weighted by molar-refractivity contribution is -0.141. The summed E-state index contributed by atoms with van der Waals surface area (Å²) in [5.41, 5.74) is 0. The molecule has 0 aromatic rings. The highest BCUT2D eigenvalue weighted by molar-refractivity contribution is 8.00. The Labute approximate surface area is 118 Å². The SMILES string of the molecule is CCC1CN(C(=O)N[C@H]2CC[C@@H](C(=O)O)C2)CCS1. The molecule has 1 saturated heterocycles. The molecule has 3 atom stereocenters. The maximum Gasteiger partial charge on any atom is 0.317 e. The largest absolute Gasteiger partial charge is 0.481 e. The maximum atomic E-state index is 12.2. The summed E-state index contributed by atoms with van der Waals surface area (Å²) in [6.45, 7) is 3.75.